The normalized spacial score (nSPS) is 13.0. The fraction of sp³-hybridized carbons (Fsp3) is 0.568. The Bertz CT molecular complexity index is 1450. The van der Waals surface area contributed by atoms with Crippen molar-refractivity contribution in [3.8, 4) is 22.5 Å². The molecule has 0 fully saturated rings. The number of hydrogen-bond donors (Lipinski definition) is 1. The van der Waals surface area contributed by atoms with E-state index in [2.05, 4.69) is 70.2 Å². The Hall–Kier alpha value is -3.56. The molecule has 0 bridgehead atoms. The fourth-order valence-corrected chi connectivity index (χ4v) is 5.18. The first kappa shape index (κ1) is 36.9. The number of benzene rings is 2. The lowest BCUT2D eigenvalue weighted by molar-refractivity contribution is -0.121. The molecule has 2 aromatic carbocycles. The van der Waals surface area contributed by atoms with Crippen LogP contribution >= 0.6 is 0 Å². The molecule has 1 N–H and O–H groups in total. The van der Waals surface area contributed by atoms with Crippen molar-refractivity contribution in [1.82, 2.24) is 20.3 Å². The fourth-order valence-electron chi connectivity index (χ4n) is 5.18. The highest BCUT2D eigenvalue weighted by atomic mass is 16.5. The standard InChI is InChI=1S/C35H49N5O4.C2H6/c1-9-29(41)36-20-18-30(42)39-22-25-14-10-11-15-26(25)32-31(27-16-12-13-17-28(27)39)37-38-40(32)23-35(7,8)43-21-19-34(5,6)44-24-33(2,3)4;1-2/h10-17H,9,18-24H2,1-8H3,(H,36,41);1-2H3. The number of anilines is 1. The van der Waals surface area contributed by atoms with Gasteiger partial charge in [-0.05, 0) is 51.2 Å². The van der Waals surface area contributed by atoms with E-state index < -0.39 is 5.60 Å². The number of aromatic nitrogens is 3. The lowest BCUT2D eigenvalue weighted by atomic mass is 9.95. The molecular weight excluding hydrogens is 578 g/mol. The highest BCUT2D eigenvalue weighted by molar-refractivity contribution is 6.00. The average Bonchev–Trinajstić information content (AvgIpc) is 3.40. The summed E-state index contributed by atoms with van der Waals surface area (Å²) in [5.74, 6) is -0.134. The molecule has 0 unspecified atom stereocenters. The van der Waals surface area contributed by atoms with Crippen LogP contribution in [0.25, 0.3) is 22.5 Å². The summed E-state index contributed by atoms with van der Waals surface area (Å²) in [5, 5.41) is 12.1. The molecule has 1 aliphatic rings. The maximum absolute atomic E-state index is 13.6. The molecule has 9 nitrogen and oxygen atoms in total. The predicted molar refractivity (Wildman–Crippen MR) is 185 cm³/mol. The molecule has 9 heteroatoms. The lowest BCUT2D eigenvalue weighted by Crippen LogP contribution is -2.36. The highest BCUT2D eigenvalue weighted by Gasteiger charge is 2.31. The lowest BCUT2D eigenvalue weighted by Gasteiger charge is -2.32. The first-order valence-electron chi connectivity index (χ1n) is 16.7. The Morgan fingerprint density at radius 3 is 2.22 bits per heavy atom. The molecule has 0 atom stereocenters. The Morgan fingerprint density at radius 1 is 0.891 bits per heavy atom. The van der Waals surface area contributed by atoms with Crippen molar-refractivity contribution in [2.45, 2.75) is 113 Å². The molecule has 252 valence electrons. The van der Waals surface area contributed by atoms with Crippen LogP contribution in [0.1, 0.15) is 94.1 Å². The number of rotatable bonds is 12. The zero-order valence-electron chi connectivity index (χ0n) is 29.7. The number of nitrogens with zero attached hydrogens (tertiary/aromatic N) is 4. The molecule has 0 aliphatic carbocycles. The topological polar surface area (TPSA) is 98.6 Å². The summed E-state index contributed by atoms with van der Waals surface area (Å²) < 4.78 is 14.6. The van der Waals surface area contributed by atoms with Crippen LogP contribution in [0.2, 0.25) is 0 Å². The zero-order chi connectivity index (χ0) is 34.1. The molecule has 2 amide bonds. The quantitative estimate of drug-likeness (QED) is 0.223. The molecule has 0 saturated carbocycles. The predicted octanol–water partition coefficient (Wildman–Crippen LogP) is 7.43. The second kappa shape index (κ2) is 15.8. The average molecular weight is 634 g/mol. The number of carbonyl (C=O) groups is 2. The summed E-state index contributed by atoms with van der Waals surface area (Å²) in [6, 6.07) is 15.9. The SMILES string of the molecule is CC.CCC(=O)NCCC(=O)N1Cc2ccccc2-c2c(nnn2CC(C)(C)OCCC(C)(C)OCC(C)(C)C)-c2ccccc21. The Morgan fingerprint density at radius 2 is 1.54 bits per heavy atom. The summed E-state index contributed by atoms with van der Waals surface area (Å²) in [4.78, 5) is 27.1. The smallest absolute Gasteiger partial charge is 0.229 e. The number of fused-ring (bicyclic) bond motifs is 5. The molecule has 0 saturated heterocycles. The minimum Gasteiger partial charge on any atom is -0.375 e. The maximum Gasteiger partial charge on any atom is 0.229 e. The van der Waals surface area contributed by atoms with E-state index in [0.29, 0.717) is 39.3 Å². The van der Waals surface area contributed by atoms with E-state index in [-0.39, 0.29) is 29.3 Å². The van der Waals surface area contributed by atoms with Crippen LogP contribution in [0.15, 0.2) is 48.5 Å². The van der Waals surface area contributed by atoms with Crippen molar-refractivity contribution in [2.75, 3.05) is 24.7 Å². The molecule has 46 heavy (non-hydrogen) atoms. The van der Waals surface area contributed by atoms with Gasteiger partial charge in [-0.25, -0.2) is 4.68 Å². The van der Waals surface area contributed by atoms with Crippen molar-refractivity contribution in [3.63, 3.8) is 0 Å². The number of carbonyl (C=O) groups excluding carboxylic acids is 2. The van der Waals surface area contributed by atoms with Gasteiger partial charge in [0.1, 0.15) is 5.69 Å². The van der Waals surface area contributed by atoms with Crippen molar-refractivity contribution < 1.29 is 19.1 Å². The molecule has 2 heterocycles. The Labute approximate surface area is 276 Å². The molecule has 1 aliphatic heterocycles. The van der Waals surface area contributed by atoms with Gasteiger partial charge in [-0.15, -0.1) is 5.10 Å². The van der Waals surface area contributed by atoms with E-state index in [0.717, 1.165) is 40.2 Å². The molecule has 1 aromatic heterocycles. The third-order valence-electron chi connectivity index (χ3n) is 7.69. The van der Waals surface area contributed by atoms with Crippen LogP contribution < -0.4 is 10.2 Å². The summed E-state index contributed by atoms with van der Waals surface area (Å²) in [7, 11) is 0. The molecule has 0 radical (unpaired) electrons. The Balaban J connectivity index is 0.00000282. The van der Waals surface area contributed by atoms with Gasteiger partial charge in [0, 0.05) is 30.5 Å². The summed E-state index contributed by atoms with van der Waals surface area (Å²) in [6.07, 6.45) is 1.35. The summed E-state index contributed by atoms with van der Waals surface area (Å²) in [6.45, 7) is 23.1. The van der Waals surface area contributed by atoms with E-state index >= 15 is 0 Å². The van der Waals surface area contributed by atoms with E-state index in [9.17, 15) is 9.59 Å². The monoisotopic (exact) mass is 633 g/mol. The zero-order valence-corrected chi connectivity index (χ0v) is 29.7. The van der Waals surface area contributed by atoms with Crippen molar-refractivity contribution in [2.24, 2.45) is 5.41 Å². The number of amides is 2. The van der Waals surface area contributed by atoms with Gasteiger partial charge in [0.2, 0.25) is 11.8 Å². The second-order valence-corrected chi connectivity index (χ2v) is 14.0. The number of nitrogens with one attached hydrogen (secondary N) is 1. The minimum absolute atomic E-state index is 0.0663. The van der Waals surface area contributed by atoms with Gasteiger partial charge in [-0.1, -0.05) is 89.2 Å². The molecular formula is C37H55N5O4. The van der Waals surface area contributed by atoms with E-state index in [1.807, 2.05) is 61.0 Å². The minimum atomic E-state index is -0.524. The first-order valence-corrected chi connectivity index (χ1v) is 16.7. The van der Waals surface area contributed by atoms with Crippen molar-refractivity contribution >= 4 is 17.5 Å². The van der Waals surface area contributed by atoms with Gasteiger partial charge in [-0.2, -0.15) is 0 Å². The van der Waals surface area contributed by atoms with E-state index in [1.54, 1.807) is 11.8 Å². The first-order chi connectivity index (χ1) is 21.7. The second-order valence-electron chi connectivity index (χ2n) is 14.0. The summed E-state index contributed by atoms with van der Waals surface area (Å²) in [5.41, 5.74) is 4.50. The van der Waals surface area contributed by atoms with Crippen LogP contribution in [0, 0.1) is 5.41 Å². The van der Waals surface area contributed by atoms with Gasteiger partial charge < -0.3 is 19.7 Å². The Kier molecular flexibility index (Phi) is 12.7. The van der Waals surface area contributed by atoms with E-state index in [1.165, 1.54) is 0 Å². The maximum atomic E-state index is 13.6. The van der Waals surface area contributed by atoms with Crippen LogP contribution in [-0.4, -0.2) is 57.8 Å². The van der Waals surface area contributed by atoms with Gasteiger partial charge in [0.05, 0.1) is 48.9 Å². The van der Waals surface area contributed by atoms with Gasteiger partial charge >= 0.3 is 0 Å². The number of para-hydroxylation sites is 1. The van der Waals surface area contributed by atoms with Crippen LogP contribution in [0.5, 0.6) is 0 Å². The van der Waals surface area contributed by atoms with Crippen molar-refractivity contribution in [3.05, 3.63) is 54.1 Å². The number of ether oxygens (including phenoxy) is 2. The third-order valence-corrected chi connectivity index (χ3v) is 7.69. The molecule has 0 spiro atoms. The largest absolute Gasteiger partial charge is 0.375 e. The van der Waals surface area contributed by atoms with Gasteiger partial charge in [-0.3, -0.25) is 9.59 Å². The summed E-state index contributed by atoms with van der Waals surface area (Å²) >= 11 is 0. The van der Waals surface area contributed by atoms with E-state index in [4.69, 9.17) is 9.47 Å². The van der Waals surface area contributed by atoms with Crippen molar-refractivity contribution in [1.29, 1.82) is 0 Å². The van der Waals surface area contributed by atoms with Gasteiger partial charge in [0.25, 0.3) is 0 Å². The van der Waals surface area contributed by atoms with Crippen LogP contribution in [-0.2, 0) is 32.2 Å². The molecule has 4 rings (SSSR count). The third kappa shape index (κ3) is 9.97. The van der Waals surface area contributed by atoms with Crippen LogP contribution in [0.3, 0.4) is 0 Å². The highest BCUT2D eigenvalue weighted by Crippen LogP contribution is 2.41. The van der Waals surface area contributed by atoms with Crippen LogP contribution in [0.4, 0.5) is 5.69 Å². The van der Waals surface area contributed by atoms with Gasteiger partial charge in [0.15, 0.2) is 0 Å². The number of hydrogen-bond acceptors (Lipinski definition) is 6. The molecule has 3 aromatic rings.